The molecule has 0 aliphatic heterocycles. The van der Waals surface area contributed by atoms with Crippen LogP contribution in [0, 0.1) is 0 Å². The van der Waals surface area contributed by atoms with Crippen molar-refractivity contribution >= 4 is 16.9 Å². The molecular formula is C20H12O9. The lowest BCUT2D eigenvalue weighted by atomic mass is 10.1. The number of benzene rings is 2. The molecule has 0 aliphatic rings. The summed E-state index contributed by atoms with van der Waals surface area (Å²) in [6.45, 7) is 0. The van der Waals surface area contributed by atoms with E-state index in [2.05, 4.69) is 0 Å². The first-order chi connectivity index (χ1) is 13.8. The van der Waals surface area contributed by atoms with Crippen LogP contribution in [0.3, 0.4) is 0 Å². The predicted octanol–water partition coefficient (Wildman–Crippen LogP) is 3.09. The topological polar surface area (TPSA) is 151 Å². The summed E-state index contributed by atoms with van der Waals surface area (Å²) in [6, 6.07) is 8.35. The van der Waals surface area contributed by atoms with E-state index in [1.165, 1.54) is 24.5 Å². The number of carbonyl (C=O) groups excluding carboxylic acids is 1. The van der Waals surface area contributed by atoms with E-state index in [-0.39, 0.29) is 33.8 Å². The molecule has 4 rings (SSSR count). The second kappa shape index (κ2) is 6.64. The Morgan fingerprint density at radius 1 is 0.931 bits per heavy atom. The van der Waals surface area contributed by atoms with Gasteiger partial charge in [0, 0.05) is 17.7 Å². The SMILES string of the molecule is O=C(Oc1c(-c2ccc(O)c(O)c2)oc2cc(O)cc(O)c2c1=O)c1ccco1. The van der Waals surface area contributed by atoms with Crippen LogP contribution in [0.25, 0.3) is 22.3 Å². The number of rotatable bonds is 3. The van der Waals surface area contributed by atoms with Gasteiger partial charge in [0.25, 0.3) is 0 Å². The number of hydrogen-bond donors (Lipinski definition) is 4. The highest BCUT2D eigenvalue weighted by atomic mass is 16.6. The lowest BCUT2D eigenvalue weighted by Crippen LogP contribution is -2.16. The quantitative estimate of drug-likeness (QED) is 0.302. The standard InChI is InChI=1S/C20H12O9/c21-10-7-13(24)16-15(8-10)28-18(9-3-4-11(22)12(23)6-9)19(17(16)25)29-20(26)14-2-1-5-27-14/h1-8,21-24H. The van der Waals surface area contributed by atoms with Crippen molar-refractivity contribution in [1.29, 1.82) is 0 Å². The van der Waals surface area contributed by atoms with Gasteiger partial charge in [-0.05, 0) is 30.3 Å². The van der Waals surface area contributed by atoms with Crippen molar-refractivity contribution in [1.82, 2.24) is 0 Å². The first-order valence-electron chi connectivity index (χ1n) is 8.16. The normalized spacial score (nSPS) is 10.9. The summed E-state index contributed by atoms with van der Waals surface area (Å²) in [7, 11) is 0. The van der Waals surface area contributed by atoms with Crippen LogP contribution in [0.4, 0.5) is 0 Å². The maximum absolute atomic E-state index is 13.0. The molecule has 29 heavy (non-hydrogen) atoms. The minimum Gasteiger partial charge on any atom is -0.508 e. The first kappa shape index (κ1) is 18.0. The Bertz CT molecular complexity index is 1300. The molecule has 0 saturated heterocycles. The predicted molar refractivity (Wildman–Crippen MR) is 98.2 cm³/mol. The largest absolute Gasteiger partial charge is 0.508 e. The van der Waals surface area contributed by atoms with E-state index in [0.717, 1.165) is 24.3 Å². The van der Waals surface area contributed by atoms with Gasteiger partial charge in [-0.2, -0.15) is 0 Å². The summed E-state index contributed by atoms with van der Waals surface area (Å²) in [6.07, 6.45) is 1.24. The molecule has 9 heteroatoms. The third-order valence-corrected chi connectivity index (χ3v) is 4.07. The van der Waals surface area contributed by atoms with Gasteiger partial charge in [-0.3, -0.25) is 4.79 Å². The Labute approximate surface area is 161 Å². The van der Waals surface area contributed by atoms with Crippen LogP contribution < -0.4 is 10.2 Å². The molecule has 0 fully saturated rings. The zero-order valence-corrected chi connectivity index (χ0v) is 14.4. The molecule has 2 heterocycles. The monoisotopic (exact) mass is 396 g/mol. The average Bonchev–Trinajstić information content (AvgIpc) is 3.20. The molecule has 146 valence electrons. The minimum atomic E-state index is -0.996. The Balaban J connectivity index is 1.99. The molecule has 9 nitrogen and oxygen atoms in total. The van der Waals surface area contributed by atoms with Crippen LogP contribution in [-0.2, 0) is 0 Å². The Hall–Kier alpha value is -4.40. The zero-order valence-electron chi connectivity index (χ0n) is 14.4. The highest BCUT2D eigenvalue weighted by molar-refractivity contribution is 5.92. The van der Waals surface area contributed by atoms with Gasteiger partial charge in [0.1, 0.15) is 22.5 Å². The molecule has 0 spiro atoms. The van der Waals surface area contributed by atoms with Gasteiger partial charge in [-0.1, -0.05) is 0 Å². The van der Waals surface area contributed by atoms with E-state index in [9.17, 15) is 30.0 Å². The number of hydrogen-bond acceptors (Lipinski definition) is 9. The zero-order chi connectivity index (χ0) is 20.7. The summed E-state index contributed by atoms with van der Waals surface area (Å²) in [5.74, 6) is -3.90. The number of ether oxygens (including phenoxy) is 1. The lowest BCUT2D eigenvalue weighted by molar-refractivity contribution is 0.0698. The van der Waals surface area contributed by atoms with E-state index in [4.69, 9.17) is 13.6 Å². The second-order valence-electron chi connectivity index (χ2n) is 6.00. The minimum absolute atomic E-state index is 0.0874. The molecule has 2 aromatic carbocycles. The van der Waals surface area contributed by atoms with Gasteiger partial charge in [-0.15, -0.1) is 0 Å². The summed E-state index contributed by atoms with van der Waals surface area (Å²) < 4.78 is 15.7. The van der Waals surface area contributed by atoms with E-state index in [1.54, 1.807) is 0 Å². The van der Waals surface area contributed by atoms with Crippen molar-refractivity contribution in [3.8, 4) is 40.1 Å². The van der Waals surface area contributed by atoms with Gasteiger partial charge in [-0.25, -0.2) is 4.79 Å². The van der Waals surface area contributed by atoms with E-state index in [1.807, 2.05) is 0 Å². The van der Waals surface area contributed by atoms with Gasteiger partial charge >= 0.3 is 5.97 Å². The maximum Gasteiger partial charge on any atom is 0.379 e. The molecule has 0 bridgehead atoms. The van der Waals surface area contributed by atoms with Gasteiger partial charge < -0.3 is 34.0 Å². The molecule has 4 aromatic rings. The number of furan rings is 1. The first-order valence-corrected chi connectivity index (χ1v) is 8.16. The van der Waals surface area contributed by atoms with Crippen LogP contribution in [0.15, 0.2) is 62.4 Å². The van der Waals surface area contributed by atoms with Crippen LogP contribution in [0.5, 0.6) is 28.7 Å². The smallest absolute Gasteiger partial charge is 0.379 e. The fraction of sp³-hybridized carbons (Fsp3) is 0. The fourth-order valence-corrected chi connectivity index (χ4v) is 2.75. The average molecular weight is 396 g/mol. The summed E-state index contributed by atoms with van der Waals surface area (Å²) in [5, 5.41) is 38.7. The van der Waals surface area contributed by atoms with Gasteiger partial charge in [0.15, 0.2) is 17.3 Å². The van der Waals surface area contributed by atoms with Crippen molar-refractivity contribution in [2.75, 3.05) is 0 Å². The highest BCUT2D eigenvalue weighted by Gasteiger charge is 2.24. The van der Waals surface area contributed by atoms with Crippen molar-refractivity contribution in [2.24, 2.45) is 0 Å². The Morgan fingerprint density at radius 3 is 2.41 bits per heavy atom. The molecule has 0 amide bonds. The molecule has 0 aliphatic carbocycles. The molecule has 4 N–H and O–H groups in total. The molecule has 0 unspecified atom stereocenters. The van der Waals surface area contributed by atoms with Crippen molar-refractivity contribution in [3.63, 3.8) is 0 Å². The number of aromatic hydroxyl groups is 4. The van der Waals surface area contributed by atoms with Crippen LogP contribution in [0.2, 0.25) is 0 Å². The molecule has 0 radical (unpaired) electrons. The second-order valence-corrected chi connectivity index (χ2v) is 6.00. The third kappa shape index (κ3) is 3.10. The van der Waals surface area contributed by atoms with E-state index >= 15 is 0 Å². The number of fused-ring (bicyclic) bond motifs is 1. The fourth-order valence-electron chi connectivity index (χ4n) is 2.75. The van der Waals surface area contributed by atoms with Crippen LogP contribution in [0.1, 0.15) is 10.6 Å². The van der Waals surface area contributed by atoms with Crippen LogP contribution in [-0.4, -0.2) is 26.4 Å². The van der Waals surface area contributed by atoms with Gasteiger partial charge in [0.05, 0.1) is 6.26 Å². The molecule has 0 saturated carbocycles. The number of esters is 1. The Morgan fingerprint density at radius 2 is 1.72 bits per heavy atom. The summed E-state index contributed by atoms with van der Waals surface area (Å²) >= 11 is 0. The van der Waals surface area contributed by atoms with Crippen molar-refractivity contribution in [3.05, 3.63) is 64.7 Å². The van der Waals surface area contributed by atoms with Gasteiger partial charge in [0.2, 0.25) is 16.9 Å². The Kier molecular flexibility index (Phi) is 4.12. The summed E-state index contributed by atoms with van der Waals surface area (Å²) in [5.41, 5.74) is -0.997. The van der Waals surface area contributed by atoms with E-state index in [0.29, 0.717) is 0 Å². The van der Waals surface area contributed by atoms with Crippen molar-refractivity contribution in [2.45, 2.75) is 0 Å². The van der Waals surface area contributed by atoms with Crippen molar-refractivity contribution < 1.29 is 38.8 Å². The maximum atomic E-state index is 13.0. The summed E-state index contributed by atoms with van der Waals surface area (Å²) in [4.78, 5) is 25.3. The number of phenolic OH excluding ortho intramolecular Hbond substituents is 4. The third-order valence-electron chi connectivity index (χ3n) is 4.07. The molecule has 2 aromatic heterocycles. The lowest BCUT2D eigenvalue weighted by Gasteiger charge is -2.11. The molecular weight excluding hydrogens is 384 g/mol. The van der Waals surface area contributed by atoms with E-state index < -0.39 is 34.4 Å². The molecule has 0 atom stereocenters. The van der Waals surface area contributed by atoms with Crippen LogP contribution >= 0.6 is 0 Å². The highest BCUT2D eigenvalue weighted by Crippen LogP contribution is 2.38. The number of phenols is 4. The number of carbonyl (C=O) groups is 1.